The number of urea groups is 1. The van der Waals surface area contributed by atoms with E-state index in [9.17, 15) is 9.18 Å². The first-order valence-corrected chi connectivity index (χ1v) is 12.4. The van der Waals surface area contributed by atoms with Gasteiger partial charge in [-0.25, -0.2) is 14.2 Å². The predicted octanol–water partition coefficient (Wildman–Crippen LogP) is 6.16. The van der Waals surface area contributed by atoms with Crippen LogP contribution in [0.3, 0.4) is 0 Å². The lowest BCUT2D eigenvalue weighted by Crippen LogP contribution is -2.40. The average molecular weight is 485 g/mol. The molecule has 176 valence electrons. The van der Waals surface area contributed by atoms with Gasteiger partial charge in [-0.1, -0.05) is 60.7 Å². The normalized spacial score (nSPS) is 11.0. The van der Waals surface area contributed by atoms with Crippen LogP contribution in [-0.4, -0.2) is 26.9 Å². The SMILES string of the molecule is O=C(NCc1ccccc1)N(CCc1csc2nc(-c3ccc(F)cc3)cn12)Cc1ccccc1. The van der Waals surface area contributed by atoms with Gasteiger partial charge < -0.3 is 10.2 Å². The monoisotopic (exact) mass is 484 g/mol. The summed E-state index contributed by atoms with van der Waals surface area (Å²) in [4.78, 5) is 20.5. The van der Waals surface area contributed by atoms with Crippen LogP contribution < -0.4 is 5.32 Å². The Hall–Kier alpha value is -3.97. The van der Waals surface area contributed by atoms with Crippen LogP contribution in [0.4, 0.5) is 9.18 Å². The smallest absolute Gasteiger partial charge is 0.317 e. The zero-order valence-electron chi connectivity index (χ0n) is 19.1. The minimum atomic E-state index is -0.264. The maximum Gasteiger partial charge on any atom is 0.317 e. The number of imidazole rings is 1. The zero-order valence-corrected chi connectivity index (χ0v) is 19.9. The molecule has 3 aromatic carbocycles. The lowest BCUT2D eigenvalue weighted by atomic mass is 10.2. The van der Waals surface area contributed by atoms with Crippen molar-refractivity contribution in [3.63, 3.8) is 0 Å². The Kier molecular flexibility index (Phi) is 6.86. The Morgan fingerprint density at radius 1 is 0.943 bits per heavy atom. The number of nitrogens with zero attached hydrogens (tertiary/aromatic N) is 3. The topological polar surface area (TPSA) is 49.6 Å². The van der Waals surface area contributed by atoms with E-state index in [1.807, 2.05) is 71.8 Å². The molecule has 2 heterocycles. The van der Waals surface area contributed by atoms with Crippen molar-refractivity contribution in [3.8, 4) is 11.3 Å². The number of hydrogen-bond acceptors (Lipinski definition) is 3. The molecule has 0 saturated carbocycles. The van der Waals surface area contributed by atoms with Crippen LogP contribution in [0.2, 0.25) is 0 Å². The molecule has 7 heteroatoms. The summed E-state index contributed by atoms with van der Waals surface area (Å²) in [6.07, 6.45) is 2.66. The molecule has 0 spiro atoms. The van der Waals surface area contributed by atoms with Crippen LogP contribution >= 0.6 is 11.3 Å². The standard InChI is InChI=1S/C28H25FN4OS/c29-24-13-11-23(12-14-24)26-19-33-25(20-35-28(33)31-26)15-16-32(18-22-9-5-2-6-10-22)27(34)30-17-21-7-3-1-4-8-21/h1-14,19-20H,15-18H2,(H,30,34). The van der Waals surface area contributed by atoms with Crippen LogP contribution in [0.1, 0.15) is 16.8 Å². The summed E-state index contributed by atoms with van der Waals surface area (Å²) in [7, 11) is 0. The molecule has 0 aliphatic rings. The van der Waals surface area contributed by atoms with Gasteiger partial charge in [0.1, 0.15) is 5.82 Å². The van der Waals surface area contributed by atoms with Crippen LogP contribution in [0, 0.1) is 5.82 Å². The molecule has 0 atom stereocenters. The van der Waals surface area contributed by atoms with Gasteiger partial charge in [0.05, 0.1) is 5.69 Å². The van der Waals surface area contributed by atoms with E-state index in [0.29, 0.717) is 26.1 Å². The second-order valence-electron chi connectivity index (χ2n) is 8.31. The number of amides is 2. The molecule has 5 nitrogen and oxygen atoms in total. The van der Waals surface area contributed by atoms with Crippen LogP contribution in [-0.2, 0) is 19.5 Å². The van der Waals surface area contributed by atoms with E-state index >= 15 is 0 Å². The van der Waals surface area contributed by atoms with E-state index in [1.165, 1.54) is 12.1 Å². The highest BCUT2D eigenvalue weighted by molar-refractivity contribution is 7.15. The largest absolute Gasteiger partial charge is 0.334 e. The number of aromatic nitrogens is 2. The summed E-state index contributed by atoms with van der Waals surface area (Å²) >= 11 is 1.56. The Morgan fingerprint density at radius 3 is 2.34 bits per heavy atom. The van der Waals surface area contributed by atoms with Crippen molar-refractivity contribution < 1.29 is 9.18 Å². The molecule has 0 aliphatic heterocycles. The molecule has 0 fully saturated rings. The van der Waals surface area contributed by atoms with Crippen molar-refractivity contribution in [3.05, 3.63) is 119 Å². The molecule has 0 unspecified atom stereocenters. The van der Waals surface area contributed by atoms with E-state index in [0.717, 1.165) is 33.0 Å². The first kappa shape index (κ1) is 22.8. The summed E-state index contributed by atoms with van der Waals surface area (Å²) < 4.78 is 15.4. The summed E-state index contributed by atoms with van der Waals surface area (Å²) in [5, 5.41) is 5.14. The second-order valence-corrected chi connectivity index (χ2v) is 9.15. The van der Waals surface area contributed by atoms with Gasteiger partial charge in [0.2, 0.25) is 0 Å². The molecule has 5 rings (SSSR count). The fraction of sp³-hybridized carbons (Fsp3) is 0.143. The van der Waals surface area contributed by atoms with Crippen molar-refractivity contribution in [2.75, 3.05) is 6.54 Å². The first-order valence-electron chi connectivity index (χ1n) is 11.5. The van der Waals surface area contributed by atoms with Crippen molar-refractivity contribution in [2.45, 2.75) is 19.5 Å². The van der Waals surface area contributed by atoms with Gasteiger partial charge in [-0.3, -0.25) is 4.40 Å². The number of thiazole rings is 1. The number of rotatable bonds is 8. The number of carbonyl (C=O) groups excluding carboxylic acids is 1. The molecule has 0 saturated heterocycles. The molecular formula is C28H25FN4OS. The van der Waals surface area contributed by atoms with E-state index < -0.39 is 0 Å². The van der Waals surface area contributed by atoms with Crippen LogP contribution in [0.15, 0.2) is 96.5 Å². The van der Waals surface area contributed by atoms with Gasteiger partial charge in [0, 0.05) is 48.9 Å². The molecule has 0 bridgehead atoms. The Morgan fingerprint density at radius 2 is 1.63 bits per heavy atom. The third kappa shape index (κ3) is 5.58. The van der Waals surface area contributed by atoms with E-state index in [1.54, 1.807) is 23.5 Å². The summed E-state index contributed by atoms with van der Waals surface area (Å²) in [5.74, 6) is -0.264. The van der Waals surface area contributed by atoms with Crippen molar-refractivity contribution in [1.29, 1.82) is 0 Å². The van der Waals surface area contributed by atoms with Gasteiger partial charge >= 0.3 is 6.03 Å². The molecular weight excluding hydrogens is 459 g/mol. The Bertz CT molecular complexity index is 1400. The van der Waals surface area contributed by atoms with Crippen molar-refractivity contribution in [2.24, 2.45) is 0 Å². The maximum absolute atomic E-state index is 13.3. The fourth-order valence-electron chi connectivity index (χ4n) is 3.96. The average Bonchev–Trinajstić information content (AvgIpc) is 3.48. The number of hydrogen-bond donors (Lipinski definition) is 1. The van der Waals surface area contributed by atoms with Crippen LogP contribution in [0.5, 0.6) is 0 Å². The lowest BCUT2D eigenvalue weighted by Gasteiger charge is -2.23. The summed E-state index contributed by atoms with van der Waals surface area (Å²) in [5.41, 5.74) is 4.91. The Balaban J connectivity index is 1.31. The van der Waals surface area contributed by atoms with Crippen LogP contribution in [0.25, 0.3) is 16.2 Å². The molecule has 1 N–H and O–H groups in total. The summed E-state index contributed by atoms with van der Waals surface area (Å²) in [6.45, 7) is 1.57. The molecule has 35 heavy (non-hydrogen) atoms. The zero-order chi connectivity index (χ0) is 24.0. The third-order valence-corrected chi connectivity index (χ3v) is 6.74. The number of halogens is 1. The summed E-state index contributed by atoms with van der Waals surface area (Å²) in [6, 6.07) is 26.2. The molecule has 2 aromatic heterocycles. The van der Waals surface area contributed by atoms with Gasteiger partial charge in [-0.2, -0.15) is 0 Å². The van der Waals surface area contributed by atoms with Gasteiger partial charge in [-0.05, 0) is 35.4 Å². The minimum Gasteiger partial charge on any atom is -0.334 e. The highest BCUT2D eigenvalue weighted by atomic mass is 32.1. The van der Waals surface area contributed by atoms with Gasteiger partial charge in [0.25, 0.3) is 0 Å². The molecule has 0 radical (unpaired) electrons. The number of carbonyl (C=O) groups is 1. The number of benzene rings is 3. The quantitative estimate of drug-likeness (QED) is 0.287. The lowest BCUT2D eigenvalue weighted by molar-refractivity contribution is 0.195. The van der Waals surface area contributed by atoms with Crippen molar-refractivity contribution >= 4 is 22.3 Å². The molecule has 2 amide bonds. The maximum atomic E-state index is 13.3. The van der Waals surface area contributed by atoms with Gasteiger partial charge in [-0.15, -0.1) is 11.3 Å². The Labute approximate surface area is 207 Å². The van der Waals surface area contributed by atoms with Crippen molar-refractivity contribution in [1.82, 2.24) is 19.6 Å². The van der Waals surface area contributed by atoms with E-state index in [4.69, 9.17) is 4.98 Å². The predicted molar refractivity (Wildman–Crippen MR) is 138 cm³/mol. The fourth-order valence-corrected chi connectivity index (χ4v) is 4.87. The minimum absolute atomic E-state index is 0.0955. The van der Waals surface area contributed by atoms with E-state index in [-0.39, 0.29) is 11.8 Å². The first-order chi connectivity index (χ1) is 17.2. The number of fused-ring (bicyclic) bond motifs is 1. The third-order valence-electron chi connectivity index (χ3n) is 5.85. The second kappa shape index (κ2) is 10.5. The molecule has 5 aromatic rings. The van der Waals surface area contributed by atoms with E-state index in [2.05, 4.69) is 15.1 Å². The number of nitrogens with one attached hydrogen (secondary N) is 1. The highest BCUT2D eigenvalue weighted by Gasteiger charge is 2.16. The highest BCUT2D eigenvalue weighted by Crippen LogP contribution is 2.24. The molecule has 0 aliphatic carbocycles. The van der Waals surface area contributed by atoms with Gasteiger partial charge in [0.15, 0.2) is 4.96 Å².